The van der Waals surface area contributed by atoms with Crippen molar-refractivity contribution in [3.63, 3.8) is 0 Å². The van der Waals surface area contributed by atoms with Gasteiger partial charge in [0, 0.05) is 27.2 Å². The molecule has 2 aromatic heterocycles. The molecule has 0 unspecified atom stereocenters. The van der Waals surface area contributed by atoms with Crippen molar-refractivity contribution >= 4 is 43.6 Å². The second-order valence-electron chi connectivity index (χ2n) is 16.8. The van der Waals surface area contributed by atoms with Crippen LogP contribution in [0.1, 0.15) is 22.3 Å². The van der Waals surface area contributed by atoms with Crippen LogP contribution in [-0.2, 0) is 5.41 Å². The van der Waals surface area contributed by atoms with Gasteiger partial charge in [-0.2, -0.15) is 0 Å². The lowest BCUT2D eigenvalue weighted by Crippen LogP contribution is -2.30. The van der Waals surface area contributed by atoms with Crippen LogP contribution in [0.25, 0.3) is 88.4 Å². The van der Waals surface area contributed by atoms with E-state index >= 15 is 0 Å². The molecule has 63 heavy (non-hydrogen) atoms. The van der Waals surface area contributed by atoms with Gasteiger partial charge in [-0.15, -0.1) is 0 Å². The zero-order chi connectivity index (χ0) is 41.5. The average Bonchev–Trinajstić information content (AvgIpc) is 3.98. The summed E-state index contributed by atoms with van der Waals surface area (Å²) in [6.07, 6.45) is 0. The number of hydrogen-bond acceptors (Lipinski definition) is 0. The first kappa shape index (κ1) is 35.5. The summed E-state index contributed by atoms with van der Waals surface area (Å²) in [5.74, 6) is 0. The zero-order valence-electron chi connectivity index (χ0n) is 34.5. The number of para-hydroxylation sites is 3. The highest BCUT2D eigenvalue weighted by molar-refractivity contribution is 6.12. The van der Waals surface area contributed by atoms with E-state index in [1.807, 2.05) is 0 Å². The maximum Gasteiger partial charge on any atom is 0.0733 e. The highest BCUT2D eigenvalue weighted by Gasteiger charge is 2.47. The fourth-order valence-corrected chi connectivity index (χ4v) is 11.0. The molecule has 12 aromatic rings. The third-order valence-corrected chi connectivity index (χ3v) is 13.6. The molecular weight excluding hydrogens is 761 g/mol. The van der Waals surface area contributed by atoms with E-state index in [1.54, 1.807) is 0 Å². The van der Waals surface area contributed by atoms with Gasteiger partial charge < -0.3 is 9.13 Å². The summed E-state index contributed by atoms with van der Waals surface area (Å²) in [7, 11) is 0. The van der Waals surface area contributed by atoms with Crippen molar-refractivity contribution in [3.8, 4) is 44.8 Å². The number of aromatic nitrogens is 2. The van der Waals surface area contributed by atoms with E-state index < -0.39 is 5.41 Å². The molecular formula is C61H40N2. The molecule has 2 heterocycles. The van der Waals surface area contributed by atoms with Gasteiger partial charge in [0.25, 0.3) is 0 Å². The number of benzene rings is 10. The molecule has 13 rings (SSSR count). The summed E-state index contributed by atoms with van der Waals surface area (Å²) in [5, 5.41) is 4.96. The average molecular weight is 801 g/mol. The summed E-state index contributed by atoms with van der Waals surface area (Å²) in [6.45, 7) is 0. The van der Waals surface area contributed by atoms with Crippen LogP contribution in [0.3, 0.4) is 0 Å². The minimum absolute atomic E-state index is 0.531. The van der Waals surface area contributed by atoms with Crippen LogP contribution in [0.4, 0.5) is 0 Å². The Balaban J connectivity index is 1.02. The lowest BCUT2D eigenvalue weighted by Gasteiger charge is -2.35. The molecule has 0 saturated heterocycles. The first-order valence-electron chi connectivity index (χ1n) is 21.8. The van der Waals surface area contributed by atoms with E-state index in [0.717, 1.165) is 5.69 Å². The predicted octanol–water partition coefficient (Wildman–Crippen LogP) is 15.6. The van der Waals surface area contributed by atoms with Crippen molar-refractivity contribution in [1.82, 2.24) is 9.13 Å². The Morgan fingerprint density at radius 3 is 1.52 bits per heavy atom. The van der Waals surface area contributed by atoms with Gasteiger partial charge in [-0.1, -0.05) is 194 Å². The SMILES string of the molecule is c1ccc(-c2cccc(-n3c4ccccc4c4ccc(-c5ccc6c(c5)c5ccccc5n6-c5ccccc5C5(c6ccccc6)c6ccccc6-c6ccccc65)cc43)c2)cc1. The quantitative estimate of drug-likeness (QED) is 0.159. The van der Waals surface area contributed by atoms with Gasteiger partial charge in [0.2, 0.25) is 0 Å². The molecule has 0 aliphatic heterocycles. The second kappa shape index (κ2) is 13.9. The Bertz CT molecular complexity index is 3690. The van der Waals surface area contributed by atoms with Gasteiger partial charge in [-0.3, -0.25) is 0 Å². The van der Waals surface area contributed by atoms with E-state index in [4.69, 9.17) is 0 Å². The van der Waals surface area contributed by atoms with Gasteiger partial charge in [-0.25, -0.2) is 0 Å². The largest absolute Gasteiger partial charge is 0.309 e. The standard InChI is InChI=1S/C61H40N2/c1-3-18-41(19-4-1)42-20-17-23-46(38-42)62-56-31-14-9-26-49(56)51-36-34-44(40-60(51)62)43-35-37-58-52(39-43)50-27-10-15-32-57(50)63(58)59-33-16-13-30-55(59)61(45-21-5-2-6-22-45)53-28-11-7-24-47(53)48-25-8-12-29-54(48)61/h1-40H. The molecule has 0 bridgehead atoms. The maximum atomic E-state index is 2.51. The first-order valence-corrected chi connectivity index (χ1v) is 21.8. The molecule has 0 N–H and O–H groups in total. The van der Waals surface area contributed by atoms with E-state index in [2.05, 4.69) is 252 Å². The molecule has 1 aliphatic rings. The Morgan fingerprint density at radius 2 is 0.778 bits per heavy atom. The van der Waals surface area contributed by atoms with Gasteiger partial charge in [0.1, 0.15) is 0 Å². The van der Waals surface area contributed by atoms with Crippen molar-refractivity contribution in [3.05, 3.63) is 265 Å². The summed E-state index contributed by atoms with van der Waals surface area (Å²) < 4.78 is 4.95. The lowest BCUT2D eigenvalue weighted by atomic mass is 9.67. The molecule has 1 aliphatic carbocycles. The molecule has 294 valence electrons. The Labute approximate surface area is 366 Å². The van der Waals surface area contributed by atoms with Gasteiger partial charge in [0.15, 0.2) is 0 Å². The van der Waals surface area contributed by atoms with Crippen LogP contribution >= 0.6 is 0 Å². The first-order chi connectivity index (χ1) is 31.3. The topological polar surface area (TPSA) is 9.86 Å². The predicted molar refractivity (Wildman–Crippen MR) is 263 cm³/mol. The fourth-order valence-electron chi connectivity index (χ4n) is 11.0. The monoisotopic (exact) mass is 800 g/mol. The molecule has 0 amide bonds. The second-order valence-corrected chi connectivity index (χ2v) is 16.8. The summed E-state index contributed by atoms with van der Waals surface area (Å²) in [6, 6.07) is 89.6. The van der Waals surface area contributed by atoms with E-state index in [0.29, 0.717) is 0 Å². The van der Waals surface area contributed by atoms with Crippen molar-refractivity contribution in [2.75, 3.05) is 0 Å². The molecule has 10 aromatic carbocycles. The van der Waals surface area contributed by atoms with Crippen molar-refractivity contribution in [2.45, 2.75) is 5.41 Å². The highest BCUT2D eigenvalue weighted by Crippen LogP contribution is 2.57. The van der Waals surface area contributed by atoms with Crippen LogP contribution in [-0.4, -0.2) is 9.13 Å². The van der Waals surface area contributed by atoms with Crippen LogP contribution < -0.4 is 0 Å². The minimum atomic E-state index is -0.531. The van der Waals surface area contributed by atoms with Crippen LogP contribution in [0, 0.1) is 0 Å². The molecule has 0 atom stereocenters. The fraction of sp³-hybridized carbons (Fsp3) is 0.0164. The number of rotatable bonds is 6. The molecule has 0 fully saturated rings. The van der Waals surface area contributed by atoms with Gasteiger partial charge in [0.05, 0.1) is 33.2 Å². The van der Waals surface area contributed by atoms with E-state index in [9.17, 15) is 0 Å². The molecule has 0 spiro atoms. The molecule has 2 heteroatoms. The van der Waals surface area contributed by atoms with Crippen LogP contribution in [0.2, 0.25) is 0 Å². The Hall–Kier alpha value is -8.20. The smallest absolute Gasteiger partial charge is 0.0733 e. The van der Waals surface area contributed by atoms with E-state index in [-0.39, 0.29) is 0 Å². The third-order valence-electron chi connectivity index (χ3n) is 13.6. The lowest BCUT2D eigenvalue weighted by molar-refractivity contribution is 0.761. The highest BCUT2D eigenvalue weighted by atomic mass is 15.0. The Kier molecular flexibility index (Phi) is 7.85. The van der Waals surface area contributed by atoms with E-state index in [1.165, 1.54) is 105 Å². The number of fused-ring (bicyclic) bond motifs is 9. The van der Waals surface area contributed by atoms with Gasteiger partial charge in [-0.05, 0) is 104 Å². The van der Waals surface area contributed by atoms with Gasteiger partial charge >= 0.3 is 0 Å². The summed E-state index contributed by atoms with van der Waals surface area (Å²) in [4.78, 5) is 0. The normalized spacial score (nSPS) is 12.9. The zero-order valence-corrected chi connectivity index (χ0v) is 34.5. The molecule has 0 saturated carbocycles. The number of nitrogens with zero attached hydrogens (tertiary/aromatic N) is 2. The third kappa shape index (κ3) is 5.19. The maximum absolute atomic E-state index is 2.51. The van der Waals surface area contributed by atoms with Crippen LogP contribution in [0.15, 0.2) is 243 Å². The summed E-state index contributed by atoms with van der Waals surface area (Å²) in [5.41, 5.74) is 19.1. The summed E-state index contributed by atoms with van der Waals surface area (Å²) >= 11 is 0. The molecule has 0 radical (unpaired) electrons. The van der Waals surface area contributed by atoms with Crippen LogP contribution in [0.5, 0.6) is 0 Å². The molecule has 2 nitrogen and oxygen atoms in total. The van der Waals surface area contributed by atoms with Crippen molar-refractivity contribution in [1.29, 1.82) is 0 Å². The Morgan fingerprint density at radius 1 is 0.270 bits per heavy atom. The number of hydrogen-bond donors (Lipinski definition) is 0. The van der Waals surface area contributed by atoms with Crippen molar-refractivity contribution < 1.29 is 0 Å². The van der Waals surface area contributed by atoms with Crippen molar-refractivity contribution in [2.24, 2.45) is 0 Å². The minimum Gasteiger partial charge on any atom is -0.309 e.